The molecule has 0 radical (unpaired) electrons. The second-order valence-corrected chi connectivity index (χ2v) is 18.8. The second kappa shape index (κ2) is 13.8. The SMILES string of the molecule is CCC(CC)C[C@H](NC(C)=O)[C@H]1[C@H](CO[Si](C)(C)C(C)(C)C)C[C@H](C(=O)OC(C)(C)C)N1Cc1ccccc1. The number of amides is 1. The number of likely N-dealkylation sites (tertiary alicyclic amines) is 1. The normalized spacial score (nSPS) is 21.7. The first kappa shape index (κ1) is 33.5. The van der Waals surface area contributed by atoms with Gasteiger partial charge in [-0.05, 0) is 63.2 Å². The summed E-state index contributed by atoms with van der Waals surface area (Å²) in [4.78, 5) is 28.6. The van der Waals surface area contributed by atoms with Gasteiger partial charge in [0.15, 0.2) is 8.32 Å². The molecular weight excluding hydrogens is 504 g/mol. The molecule has 0 spiro atoms. The van der Waals surface area contributed by atoms with Gasteiger partial charge in [0.2, 0.25) is 5.91 Å². The minimum Gasteiger partial charge on any atom is -0.459 e. The Hall–Kier alpha value is -1.70. The summed E-state index contributed by atoms with van der Waals surface area (Å²) in [6, 6.07) is 9.77. The molecule has 1 aromatic carbocycles. The number of hydrogen-bond acceptors (Lipinski definition) is 5. The van der Waals surface area contributed by atoms with Gasteiger partial charge in [-0.2, -0.15) is 0 Å². The Bertz CT molecular complexity index is 918. The average Bonchev–Trinajstić information content (AvgIpc) is 3.17. The van der Waals surface area contributed by atoms with Gasteiger partial charge in [0, 0.05) is 38.1 Å². The first-order valence-electron chi connectivity index (χ1n) is 14.9. The maximum atomic E-state index is 13.7. The third kappa shape index (κ3) is 9.71. The number of benzene rings is 1. The average molecular weight is 561 g/mol. The minimum absolute atomic E-state index is 0.0320. The van der Waals surface area contributed by atoms with E-state index in [0.29, 0.717) is 25.5 Å². The fourth-order valence-corrected chi connectivity index (χ4v) is 6.50. The molecule has 4 atom stereocenters. The molecule has 0 unspecified atom stereocenters. The molecule has 0 saturated carbocycles. The molecule has 1 aromatic rings. The van der Waals surface area contributed by atoms with Gasteiger partial charge < -0.3 is 14.5 Å². The van der Waals surface area contributed by atoms with Crippen molar-refractivity contribution in [1.82, 2.24) is 10.2 Å². The van der Waals surface area contributed by atoms with Crippen LogP contribution in [0.2, 0.25) is 18.1 Å². The number of esters is 1. The monoisotopic (exact) mass is 560 g/mol. The van der Waals surface area contributed by atoms with Crippen LogP contribution in [0.1, 0.15) is 93.6 Å². The standard InChI is InChI=1S/C32H56N2O4Si/c1-12-24(13-2)19-27(33-23(3)35)29-26(22-37-39(10,11)32(7,8)9)20-28(30(36)38-31(4,5)6)34(29)21-25-17-15-14-16-18-25/h14-18,24,26-29H,12-13,19-22H2,1-11H3,(H,33,35)/t26-,27-,28+,29+/m0/s1. The molecule has 1 heterocycles. The van der Waals surface area contributed by atoms with Gasteiger partial charge in [0.25, 0.3) is 0 Å². The van der Waals surface area contributed by atoms with Crippen LogP contribution in [0, 0.1) is 11.8 Å². The molecule has 0 aliphatic carbocycles. The van der Waals surface area contributed by atoms with Gasteiger partial charge in [0.1, 0.15) is 11.6 Å². The molecular formula is C32H56N2O4Si. The molecule has 0 aromatic heterocycles. The largest absolute Gasteiger partial charge is 0.459 e. The van der Waals surface area contributed by atoms with Gasteiger partial charge in [-0.1, -0.05) is 77.8 Å². The van der Waals surface area contributed by atoms with E-state index in [1.807, 2.05) is 39.0 Å². The number of rotatable bonds is 12. The topological polar surface area (TPSA) is 67.9 Å². The summed E-state index contributed by atoms with van der Waals surface area (Å²) in [5.41, 5.74) is 0.568. The van der Waals surface area contributed by atoms with E-state index in [4.69, 9.17) is 9.16 Å². The van der Waals surface area contributed by atoms with Crippen molar-refractivity contribution in [3.8, 4) is 0 Å². The molecule has 6 nitrogen and oxygen atoms in total. The van der Waals surface area contributed by atoms with E-state index < -0.39 is 20.0 Å². The molecule has 7 heteroatoms. The van der Waals surface area contributed by atoms with E-state index in [9.17, 15) is 9.59 Å². The maximum absolute atomic E-state index is 13.7. The minimum atomic E-state index is -2.02. The molecule has 222 valence electrons. The first-order valence-corrected chi connectivity index (χ1v) is 17.8. The van der Waals surface area contributed by atoms with E-state index in [1.165, 1.54) is 0 Å². The quantitative estimate of drug-likeness (QED) is 0.222. The van der Waals surface area contributed by atoms with Crippen molar-refractivity contribution in [3.63, 3.8) is 0 Å². The number of hydrogen-bond donors (Lipinski definition) is 1. The van der Waals surface area contributed by atoms with Gasteiger partial charge in [0.05, 0.1) is 0 Å². The van der Waals surface area contributed by atoms with Gasteiger partial charge in [-0.3, -0.25) is 14.5 Å². The number of carbonyl (C=O) groups is 2. The molecule has 1 fully saturated rings. The molecule has 1 aliphatic heterocycles. The Balaban J connectivity index is 2.58. The van der Waals surface area contributed by atoms with E-state index >= 15 is 0 Å². The second-order valence-electron chi connectivity index (χ2n) is 14.0. The van der Waals surface area contributed by atoms with Crippen LogP contribution in [0.3, 0.4) is 0 Å². The van der Waals surface area contributed by atoms with Crippen molar-refractivity contribution in [2.45, 2.75) is 136 Å². The van der Waals surface area contributed by atoms with E-state index in [1.54, 1.807) is 6.92 Å². The fourth-order valence-electron chi connectivity index (χ4n) is 5.44. The van der Waals surface area contributed by atoms with Crippen LogP contribution in [0.15, 0.2) is 30.3 Å². The van der Waals surface area contributed by atoms with Crippen molar-refractivity contribution in [2.75, 3.05) is 6.61 Å². The Labute approximate surface area is 239 Å². The third-order valence-corrected chi connectivity index (χ3v) is 13.2. The lowest BCUT2D eigenvalue weighted by molar-refractivity contribution is -0.161. The summed E-state index contributed by atoms with van der Waals surface area (Å²) in [5, 5.41) is 3.41. The summed E-state index contributed by atoms with van der Waals surface area (Å²) in [6.07, 6.45) is 3.64. The summed E-state index contributed by atoms with van der Waals surface area (Å²) >= 11 is 0. The lowest BCUT2D eigenvalue weighted by Crippen LogP contribution is -2.55. The van der Waals surface area contributed by atoms with Gasteiger partial charge >= 0.3 is 5.97 Å². The van der Waals surface area contributed by atoms with Crippen molar-refractivity contribution in [2.24, 2.45) is 11.8 Å². The van der Waals surface area contributed by atoms with Crippen LogP contribution in [-0.4, -0.2) is 55.4 Å². The van der Waals surface area contributed by atoms with Crippen LogP contribution < -0.4 is 5.32 Å². The maximum Gasteiger partial charge on any atom is 0.323 e. The first-order chi connectivity index (χ1) is 18.0. The molecule has 1 amide bonds. The zero-order valence-electron chi connectivity index (χ0n) is 26.6. The van der Waals surface area contributed by atoms with Crippen molar-refractivity contribution in [3.05, 3.63) is 35.9 Å². The smallest absolute Gasteiger partial charge is 0.323 e. The van der Waals surface area contributed by atoms with E-state index in [-0.39, 0.29) is 34.9 Å². The number of nitrogens with one attached hydrogen (secondary N) is 1. The van der Waals surface area contributed by atoms with Crippen molar-refractivity contribution >= 4 is 20.2 Å². The molecule has 0 bridgehead atoms. The summed E-state index contributed by atoms with van der Waals surface area (Å²) < 4.78 is 12.8. The summed E-state index contributed by atoms with van der Waals surface area (Å²) in [5.74, 6) is 0.354. The predicted octanol–water partition coefficient (Wildman–Crippen LogP) is 6.94. The van der Waals surface area contributed by atoms with E-state index in [2.05, 4.69) is 70.1 Å². The molecule has 1 N–H and O–H groups in total. The lowest BCUT2D eigenvalue weighted by atomic mass is 9.86. The number of nitrogens with zero attached hydrogens (tertiary/aromatic N) is 1. The molecule has 2 rings (SSSR count). The highest BCUT2D eigenvalue weighted by Gasteiger charge is 2.50. The van der Waals surface area contributed by atoms with Crippen LogP contribution in [0.5, 0.6) is 0 Å². The van der Waals surface area contributed by atoms with Crippen LogP contribution in [-0.2, 0) is 25.3 Å². The van der Waals surface area contributed by atoms with Gasteiger partial charge in [-0.15, -0.1) is 0 Å². The highest BCUT2D eigenvalue weighted by Crippen LogP contribution is 2.41. The summed E-state index contributed by atoms with van der Waals surface area (Å²) in [7, 11) is -2.02. The highest BCUT2D eigenvalue weighted by atomic mass is 28.4. The zero-order chi connectivity index (χ0) is 29.6. The third-order valence-electron chi connectivity index (χ3n) is 8.69. The molecule has 39 heavy (non-hydrogen) atoms. The Kier molecular flexibility index (Phi) is 11.8. The number of carbonyl (C=O) groups excluding carboxylic acids is 2. The van der Waals surface area contributed by atoms with Crippen LogP contribution in [0.4, 0.5) is 0 Å². The Morgan fingerprint density at radius 1 is 1.05 bits per heavy atom. The van der Waals surface area contributed by atoms with Crippen molar-refractivity contribution in [1.29, 1.82) is 0 Å². The van der Waals surface area contributed by atoms with Crippen LogP contribution >= 0.6 is 0 Å². The lowest BCUT2D eigenvalue weighted by Gasteiger charge is -2.40. The van der Waals surface area contributed by atoms with E-state index in [0.717, 1.165) is 24.8 Å². The van der Waals surface area contributed by atoms with Crippen molar-refractivity contribution < 1.29 is 18.8 Å². The fraction of sp³-hybridized carbons (Fsp3) is 0.750. The predicted molar refractivity (Wildman–Crippen MR) is 163 cm³/mol. The zero-order valence-corrected chi connectivity index (χ0v) is 27.6. The molecule has 1 saturated heterocycles. The Morgan fingerprint density at radius 3 is 2.13 bits per heavy atom. The van der Waals surface area contributed by atoms with Gasteiger partial charge in [-0.25, -0.2) is 0 Å². The molecule has 1 aliphatic rings. The highest BCUT2D eigenvalue weighted by molar-refractivity contribution is 6.74. The van der Waals surface area contributed by atoms with Crippen LogP contribution in [0.25, 0.3) is 0 Å². The number of ether oxygens (including phenoxy) is 1. The summed E-state index contributed by atoms with van der Waals surface area (Å²) in [6.45, 7) is 24.3. The Morgan fingerprint density at radius 2 is 1.64 bits per heavy atom.